The molecule has 3 N–H and O–H groups in total. The van der Waals surface area contributed by atoms with Crippen LogP contribution in [0.4, 0.5) is 0 Å². The lowest BCUT2D eigenvalue weighted by Gasteiger charge is -2.04. The molecule has 1 amide bonds. The van der Waals surface area contributed by atoms with Gasteiger partial charge in [-0.1, -0.05) is 0 Å². The fraction of sp³-hybridized carbons (Fsp3) is 0.300. The maximum atomic E-state index is 11.6. The highest BCUT2D eigenvalue weighted by atomic mass is 127. The molecule has 0 radical (unpaired) electrons. The Morgan fingerprint density at radius 2 is 1.88 bits per heavy atom. The molecule has 0 heterocycles. The molecule has 0 saturated carbocycles. The SMILES string of the molecule is NS(=O)(=O)CCCNC(=O)c1ccc(I)cc1. The molecule has 0 fully saturated rings. The van der Waals surface area contributed by atoms with Gasteiger partial charge in [0.1, 0.15) is 0 Å². The van der Waals surface area contributed by atoms with E-state index in [1.165, 1.54) is 0 Å². The number of amides is 1. The molecule has 1 aromatic rings. The first-order valence-electron chi connectivity index (χ1n) is 4.93. The first kappa shape index (κ1) is 14.4. The highest BCUT2D eigenvalue weighted by Gasteiger charge is 2.06. The van der Waals surface area contributed by atoms with E-state index in [1.54, 1.807) is 12.1 Å². The average Bonchev–Trinajstić information content (AvgIpc) is 2.24. The first-order valence-corrected chi connectivity index (χ1v) is 7.72. The van der Waals surface area contributed by atoms with Crippen LogP contribution in [-0.2, 0) is 10.0 Å². The topological polar surface area (TPSA) is 89.3 Å². The number of sulfonamides is 1. The molecule has 7 heteroatoms. The van der Waals surface area contributed by atoms with Gasteiger partial charge < -0.3 is 5.32 Å². The number of rotatable bonds is 5. The third-order valence-electron chi connectivity index (χ3n) is 2.00. The van der Waals surface area contributed by atoms with Gasteiger partial charge in [-0.3, -0.25) is 4.79 Å². The summed E-state index contributed by atoms with van der Waals surface area (Å²) in [6, 6.07) is 7.10. The number of nitrogens with two attached hydrogens (primary N) is 1. The Hall–Kier alpha value is -0.670. The average molecular weight is 368 g/mol. The third-order valence-corrected chi connectivity index (χ3v) is 3.57. The van der Waals surface area contributed by atoms with Crippen molar-refractivity contribution in [3.8, 4) is 0 Å². The van der Waals surface area contributed by atoms with Crippen molar-refractivity contribution in [2.24, 2.45) is 5.14 Å². The standard InChI is InChI=1S/C10H13IN2O3S/c11-9-4-2-8(3-5-9)10(14)13-6-1-7-17(12,15)16/h2-5H,1,6-7H2,(H,13,14)(H2,12,15,16). The summed E-state index contributed by atoms with van der Waals surface area (Å²) in [4.78, 5) is 11.6. The van der Waals surface area contributed by atoms with Crippen LogP contribution in [0.2, 0.25) is 0 Å². The predicted molar refractivity (Wildman–Crippen MR) is 74.1 cm³/mol. The number of carbonyl (C=O) groups excluding carboxylic acids is 1. The molecule has 0 aliphatic carbocycles. The minimum absolute atomic E-state index is 0.125. The van der Waals surface area contributed by atoms with Gasteiger partial charge in [0.15, 0.2) is 0 Å². The second kappa shape index (κ2) is 6.31. The van der Waals surface area contributed by atoms with Gasteiger partial charge in [-0.15, -0.1) is 0 Å². The van der Waals surface area contributed by atoms with E-state index in [4.69, 9.17) is 5.14 Å². The number of halogens is 1. The zero-order valence-electron chi connectivity index (χ0n) is 9.02. The van der Waals surface area contributed by atoms with E-state index in [9.17, 15) is 13.2 Å². The van der Waals surface area contributed by atoms with E-state index in [0.29, 0.717) is 18.5 Å². The lowest BCUT2D eigenvalue weighted by Crippen LogP contribution is -2.27. The van der Waals surface area contributed by atoms with Gasteiger partial charge in [-0.05, 0) is 53.3 Å². The molecule has 5 nitrogen and oxygen atoms in total. The molecule has 0 unspecified atom stereocenters. The van der Waals surface area contributed by atoms with Gasteiger partial charge >= 0.3 is 0 Å². The smallest absolute Gasteiger partial charge is 0.251 e. The third kappa shape index (κ3) is 5.99. The van der Waals surface area contributed by atoms with Crippen molar-refractivity contribution in [1.29, 1.82) is 0 Å². The summed E-state index contributed by atoms with van der Waals surface area (Å²) in [5.74, 6) is -0.337. The van der Waals surface area contributed by atoms with Crippen molar-refractivity contribution in [3.05, 3.63) is 33.4 Å². The van der Waals surface area contributed by atoms with Gasteiger partial charge in [0.25, 0.3) is 5.91 Å². The van der Waals surface area contributed by atoms with Crippen LogP contribution in [0.25, 0.3) is 0 Å². The molecule has 0 saturated heterocycles. The number of primary sulfonamides is 1. The molecule has 1 rings (SSSR count). The highest BCUT2D eigenvalue weighted by molar-refractivity contribution is 14.1. The first-order chi connectivity index (χ1) is 7.88. The maximum absolute atomic E-state index is 11.6. The largest absolute Gasteiger partial charge is 0.352 e. The van der Waals surface area contributed by atoms with Crippen molar-refractivity contribution in [2.45, 2.75) is 6.42 Å². The molecular weight excluding hydrogens is 355 g/mol. The second-order valence-electron chi connectivity index (χ2n) is 3.48. The Morgan fingerprint density at radius 1 is 1.29 bits per heavy atom. The summed E-state index contributed by atoms with van der Waals surface area (Å²) < 4.78 is 22.3. The normalized spacial score (nSPS) is 11.2. The van der Waals surface area contributed by atoms with Crippen molar-refractivity contribution >= 4 is 38.5 Å². The van der Waals surface area contributed by atoms with Crippen molar-refractivity contribution < 1.29 is 13.2 Å². The summed E-state index contributed by atoms with van der Waals surface area (Å²) in [5.41, 5.74) is 0.557. The van der Waals surface area contributed by atoms with Gasteiger partial charge in [-0.2, -0.15) is 0 Å². The molecule has 0 atom stereocenters. The zero-order valence-corrected chi connectivity index (χ0v) is 12.0. The zero-order chi connectivity index (χ0) is 12.9. The molecule has 1 aromatic carbocycles. The fourth-order valence-electron chi connectivity index (χ4n) is 1.18. The fourth-order valence-corrected chi connectivity index (χ4v) is 2.08. The van der Waals surface area contributed by atoms with Crippen LogP contribution in [0.3, 0.4) is 0 Å². The molecule has 0 spiro atoms. The highest BCUT2D eigenvalue weighted by Crippen LogP contribution is 2.06. The van der Waals surface area contributed by atoms with Crippen LogP contribution in [0.1, 0.15) is 16.8 Å². The number of hydrogen-bond donors (Lipinski definition) is 2. The Balaban J connectivity index is 2.38. The van der Waals surface area contributed by atoms with E-state index in [0.717, 1.165) is 3.57 Å². The summed E-state index contributed by atoms with van der Waals surface area (Å²) in [5, 5.41) is 7.47. The lowest BCUT2D eigenvalue weighted by atomic mass is 10.2. The van der Waals surface area contributed by atoms with E-state index >= 15 is 0 Å². The van der Waals surface area contributed by atoms with Crippen LogP contribution in [0.5, 0.6) is 0 Å². The molecule has 0 aliphatic rings. The molecule has 0 aliphatic heterocycles. The Morgan fingerprint density at radius 3 is 2.41 bits per heavy atom. The van der Waals surface area contributed by atoms with Gasteiger partial charge in [0, 0.05) is 15.7 Å². The lowest BCUT2D eigenvalue weighted by molar-refractivity contribution is 0.0953. The van der Waals surface area contributed by atoms with Gasteiger partial charge in [0.2, 0.25) is 10.0 Å². The summed E-state index contributed by atoms with van der Waals surface area (Å²) in [6.45, 7) is 0.293. The Kier molecular flexibility index (Phi) is 5.34. The van der Waals surface area contributed by atoms with Gasteiger partial charge in [0.05, 0.1) is 5.75 Å². The predicted octanol–water partition coefficient (Wildman–Crippen LogP) is 0.700. The monoisotopic (exact) mass is 368 g/mol. The second-order valence-corrected chi connectivity index (χ2v) is 6.46. The van der Waals surface area contributed by atoms with E-state index < -0.39 is 10.0 Å². The number of carbonyl (C=O) groups is 1. The van der Waals surface area contributed by atoms with Crippen molar-refractivity contribution in [2.75, 3.05) is 12.3 Å². The van der Waals surface area contributed by atoms with E-state index in [1.807, 2.05) is 12.1 Å². The van der Waals surface area contributed by atoms with E-state index in [-0.39, 0.29) is 11.7 Å². The van der Waals surface area contributed by atoms with E-state index in [2.05, 4.69) is 27.9 Å². The van der Waals surface area contributed by atoms with Crippen LogP contribution in [0, 0.1) is 3.57 Å². The summed E-state index contributed by atoms with van der Waals surface area (Å²) in [7, 11) is -3.44. The van der Waals surface area contributed by atoms with Crippen LogP contribution in [-0.4, -0.2) is 26.6 Å². The van der Waals surface area contributed by atoms with Crippen LogP contribution in [0.15, 0.2) is 24.3 Å². The van der Waals surface area contributed by atoms with Crippen LogP contribution < -0.4 is 10.5 Å². The molecule has 17 heavy (non-hydrogen) atoms. The number of benzene rings is 1. The molecule has 0 bridgehead atoms. The molecule has 0 aromatic heterocycles. The van der Waals surface area contributed by atoms with Crippen molar-refractivity contribution in [3.63, 3.8) is 0 Å². The minimum atomic E-state index is -3.44. The van der Waals surface area contributed by atoms with Crippen LogP contribution >= 0.6 is 22.6 Å². The number of hydrogen-bond acceptors (Lipinski definition) is 3. The quantitative estimate of drug-likeness (QED) is 0.592. The Bertz CT molecular complexity index is 485. The summed E-state index contributed by atoms with van der Waals surface area (Å²) >= 11 is 2.15. The molecule has 94 valence electrons. The van der Waals surface area contributed by atoms with Gasteiger partial charge in [-0.25, -0.2) is 13.6 Å². The minimum Gasteiger partial charge on any atom is -0.352 e. The summed E-state index contributed by atoms with van der Waals surface area (Å²) in [6.07, 6.45) is 0.314. The van der Waals surface area contributed by atoms with Crippen molar-refractivity contribution in [1.82, 2.24) is 5.32 Å². The molecular formula is C10H13IN2O3S. The maximum Gasteiger partial charge on any atom is 0.251 e. The Labute approximate surface area is 114 Å². The number of nitrogens with one attached hydrogen (secondary N) is 1.